The van der Waals surface area contributed by atoms with Gasteiger partial charge in [-0.25, -0.2) is 9.78 Å². The lowest BCUT2D eigenvalue weighted by Gasteiger charge is -2.25. The van der Waals surface area contributed by atoms with Gasteiger partial charge in [0, 0.05) is 26.4 Å². The van der Waals surface area contributed by atoms with Crippen molar-refractivity contribution in [3.05, 3.63) is 60.5 Å². The molecule has 0 spiro atoms. The third-order valence-electron chi connectivity index (χ3n) is 5.28. The summed E-state index contributed by atoms with van der Waals surface area (Å²) in [6.07, 6.45) is 2.36. The first-order valence-electron chi connectivity index (χ1n) is 9.27. The van der Waals surface area contributed by atoms with Gasteiger partial charge >= 0.3 is 5.69 Å². The van der Waals surface area contributed by atoms with E-state index in [-0.39, 0.29) is 29.5 Å². The van der Waals surface area contributed by atoms with E-state index < -0.39 is 11.2 Å². The Morgan fingerprint density at radius 2 is 2.03 bits per heavy atom. The van der Waals surface area contributed by atoms with Gasteiger partial charge in [-0.15, -0.1) is 0 Å². The lowest BCUT2D eigenvalue weighted by molar-refractivity contribution is -0.132. The van der Waals surface area contributed by atoms with Gasteiger partial charge in [-0.1, -0.05) is 29.3 Å². The molecule has 10 heteroatoms. The molecule has 1 fully saturated rings. The van der Waals surface area contributed by atoms with Crippen LogP contribution in [0.3, 0.4) is 0 Å². The van der Waals surface area contributed by atoms with Crippen molar-refractivity contribution in [3.63, 3.8) is 0 Å². The van der Waals surface area contributed by atoms with Gasteiger partial charge in [0.05, 0.1) is 16.1 Å². The van der Waals surface area contributed by atoms with Crippen LogP contribution in [0.25, 0.3) is 11.2 Å². The molecule has 1 saturated heterocycles. The molecule has 2 aromatic heterocycles. The molecule has 3 heterocycles. The van der Waals surface area contributed by atoms with E-state index in [1.165, 1.54) is 11.6 Å². The number of halogens is 2. The number of aromatic nitrogens is 4. The van der Waals surface area contributed by atoms with Crippen molar-refractivity contribution < 1.29 is 4.79 Å². The standard InChI is InChI=1S/C19H19Cl2N5O3/c1-25-17-16(18(28)24-19(25)29)22-14(23-17)6-7-15(27)26-8-2-3-13(26)10-4-5-11(20)12(21)9-10/h4-5,9,13H,2-3,6-8H2,1H3,(H,22,23)(H,24,28,29). The van der Waals surface area contributed by atoms with E-state index in [0.717, 1.165) is 18.4 Å². The summed E-state index contributed by atoms with van der Waals surface area (Å²) < 4.78 is 1.26. The zero-order chi connectivity index (χ0) is 20.7. The number of nitrogens with zero attached hydrogens (tertiary/aromatic N) is 3. The summed E-state index contributed by atoms with van der Waals surface area (Å²) in [5.41, 5.74) is 0.418. The predicted octanol–water partition coefficient (Wildman–Crippen LogP) is 2.55. The molecule has 0 aliphatic carbocycles. The van der Waals surface area contributed by atoms with Gasteiger partial charge in [-0.2, -0.15) is 0 Å². The molecule has 3 aromatic rings. The zero-order valence-corrected chi connectivity index (χ0v) is 17.2. The van der Waals surface area contributed by atoms with Gasteiger partial charge in [0.25, 0.3) is 5.56 Å². The summed E-state index contributed by atoms with van der Waals surface area (Å²) in [5.74, 6) is 0.493. The number of carbonyl (C=O) groups excluding carboxylic acids is 1. The van der Waals surface area contributed by atoms with E-state index in [0.29, 0.717) is 28.8 Å². The number of H-pyrrole nitrogens is 2. The second-order valence-corrected chi connectivity index (χ2v) is 7.93. The van der Waals surface area contributed by atoms with Crippen molar-refractivity contribution in [2.75, 3.05) is 6.54 Å². The fourth-order valence-electron chi connectivity index (χ4n) is 3.77. The molecule has 2 N–H and O–H groups in total. The van der Waals surface area contributed by atoms with E-state index in [9.17, 15) is 14.4 Å². The highest BCUT2D eigenvalue weighted by Gasteiger charge is 2.30. The molecule has 1 aromatic carbocycles. The number of aryl methyl sites for hydroxylation is 2. The third-order valence-corrected chi connectivity index (χ3v) is 6.02. The number of imidazole rings is 1. The number of carbonyl (C=O) groups is 1. The first kappa shape index (κ1) is 19.7. The van der Waals surface area contributed by atoms with Crippen LogP contribution in [0, 0.1) is 0 Å². The molecule has 1 unspecified atom stereocenters. The van der Waals surface area contributed by atoms with Crippen LogP contribution in [0.15, 0.2) is 27.8 Å². The molecule has 29 heavy (non-hydrogen) atoms. The molecule has 0 bridgehead atoms. The Morgan fingerprint density at radius 3 is 2.79 bits per heavy atom. The van der Waals surface area contributed by atoms with Crippen molar-refractivity contribution in [2.45, 2.75) is 31.7 Å². The smallest absolute Gasteiger partial charge is 0.329 e. The van der Waals surface area contributed by atoms with Crippen LogP contribution in [0.1, 0.15) is 36.7 Å². The molecule has 8 nitrogen and oxygen atoms in total. The summed E-state index contributed by atoms with van der Waals surface area (Å²) in [6, 6.07) is 5.43. The number of fused-ring (bicyclic) bond motifs is 1. The van der Waals surface area contributed by atoms with Gasteiger partial charge in [-0.05, 0) is 30.5 Å². The molecule has 1 aliphatic heterocycles. The monoisotopic (exact) mass is 435 g/mol. The maximum absolute atomic E-state index is 12.9. The second-order valence-electron chi connectivity index (χ2n) is 7.12. The second kappa shape index (κ2) is 7.68. The quantitative estimate of drug-likeness (QED) is 0.656. The van der Waals surface area contributed by atoms with Gasteiger partial charge in [0.2, 0.25) is 5.91 Å². The fourth-order valence-corrected chi connectivity index (χ4v) is 4.08. The number of hydrogen-bond acceptors (Lipinski definition) is 4. The molecule has 0 radical (unpaired) electrons. The summed E-state index contributed by atoms with van der Waals surface area (Å²) in [5, 5.41) is 0.960. The summed E-state index contributed by atoms with van der Waals surface area (Å²) in [6.45, 7) is 0.679. The molecule has 1 aliphatic rings. The highest BCUT2D eigenvalue weighted by molar-refractivity contribution is 6.42. The molecular formula is C19H19Cl2N5O3. The SMILES string of the molecule is Cn1c(=O)[nH]c(=O)c2[nH]c(CCC(=O)N3CCCC3c3ccc(Cl)c(Cl)c3)nc21. The maximum atomic E-state index is 12.9. The first-order valence-corrected chi connectivity index (χ1v) is 10.0. The topological polar surface area (TPSA) is 104 Å². The lowest BCUT2D eigenvalue weighted by Crippen LogP contribution is -2.30. The number of hydrogen-bond donors (Lipinski definition) is 2. The molecule has 4 rings (SSSR count). The number of benzene rings is 1. The summed E-state index contributed by atoms with van der Waals surface area (Å²) >= 11 is 12.1. The Kier molecular flexibility index (Phi) is 5.23. The zero-order valence-electron chi connectivity index (χ0n) is 15.7. The highest BCUT2D eigenvalue weighted by Crippen LogP contribution is 2.35. The van der Waals surface area contributed by atoms with Crippen LogP contribution >= 0.6 is 23.2 Å². The fraction of sp³-hybridized carbons (Fsp3) is 0.368. The van der Waals surface area contributed by atoms with E-state index in [4.69, 9.17) is 23.2 Å². The van der Waals surface area contributed by atoms with Crippen LogP contribution in [0.2, 0.25) is 10.0 Å². The molecular weight excluding hydrogens is 417 g/mol. The third kappa shape index (κ3) is 3.70. The van der Waals surface area contributed by atoms with Gasteiger partial charge < -0.3 is 9.88 Å². The molecule has 152 valence electrons. The van der Waals surface area contributed by atoms with Gasteiger partial charge in [0.15, 0.2) is 5.65 Å². The first-order chi connectivity index (χ1) is 13.8. The van der Waals surface area contributed by atoms with Crippen molar-refractivity contribution in [3.8, 4) is 0 Å². The Labute approximate surface area is 175 Å². The van der Waals surface area contributed by atoms with E-state index >= 15 is 0 Å². The van der Waals surface area contributed by atoms with Crippen LogP contribution in [0.4, 0.5) is 0 Å². The number of aromatic amines is 2. The van der Waals surface area contributed by atoms with Gasteiger partial charge in [-0.3, -0.25) is 19.1 Å². The maximum Gasteiger partial charge on any atom is 0.329 e. The number of nitrogens with one attached hydrogen (secondary N) is 2. The van der Waals surface area contributed by atoms with Crippen LogP contribution in [-0.4, -0.2) is 36.9 Å². The van der Waals surface area contributed by atoms with E-state index in [2.05, 4.69) is 15.0 Å². The minimum Gasteiger partial charge on any atom is -0.336 e. The summed E-state index contributed by atoms with van der Waals surface area (Å²) in [4.78, 5) is 47.8. The molecule has 0 saturated carbocycles. The average molecular weight is 436 g/mol. The van der Waals surface area contributed by atoms with Crippen LogP contribution < -0.4 is 11.2 Å². The largest absolute Gasteiger partial charge is 0.336 e. The Balaban J connectivity index is 1.50. The Bertz CT molecular complexity index is 1210. The van der Waals surface area contributed by atoms with Crippen molar-refractivity contribution in [1.82, 2.24) is 24.4 Å². The number of rotatable bonds is 4. The average Bonchev–Trinajstić information content (AvgIpc) is 3.34. The van der Waals surface area contributed by atoms with E-state index in [1.807, 2.05) is 17.0 Å². The lowest BCUT2D eigenvalue weighted by atomic mass is 10.0. The van der Waals surface area contributed by atoms with Gasteiger partial charge in [0.1, 0.15) is 11.3 Å². The number of amides is 1. The summed E-state index contributed by atoms with van der Waals surface area (Å²) in [7, 11) is 1.53. The Hall–Kier alpha value is -2.58. The minimum absolute atomic E-state index is 0.00169. The number of likely N-dealkylation sites (tertiary alicyclic amines) is 1. The van der Waals surface area contributed by atoms with Crippen molar-refractivity contribution >= 4 is 40.3 Å². The van der Waals surface area contributed by atoms with Crippen LogP contribution in [0.5, 0.6) is 0 Å². The minimum atomic E-state index is -0.529. The Morgan fingerprint density at radius 1 is 1.24 bits per heavy atom. The molecule has 1 amide bonds. The van der Waals surface area contributed by atoms with Crippen molar-refractivity contribution in [2.24, 2.45) is 7.05 Å². The van der Waals surface area contributed by atoms with Crippen molar-refractivity contribution in [1.29, 1.82) is 0 Å². The van der Waals surface area contributed by atoms with E-state index in [1.54, 1.807) is 6.07 Å². The molecule has 1 atom stereocenters. The highest BCUT2D eigenvalue weighted by atomic mass is 35.5. The van der Waals surface area contributed by atoms with Crippen LogP contribution in [-0.2, 0) is 18.3 Å². The normalized spacial score (nSPS) is 16.7. The predicted molar refractivity (Wildman–Crippen MR) is 110 cm³/mol.